The molecule has 26 heavy (non-hydrogen) atoms. The SMILES string of the molecule is CCCC1=C(C)C(C)=C(C)[C]1(C)[Zr]([F])([F])[CH]1C(CC)=Cc2ccccc21. The third kappa shape index (κ3) is 2.60. The van der Waals surface area contributed by atoms with Gasteiger partial charge in [0.05, 0.1) is 0 Å². The first-order valence-electron chi connectivity index (χ1n) is 9.77. The first kappa shape index (κ1) is 19.9. The molecule has 3 rings (SSSR count). The van der Waals surface area contributed by atoms with Crippen molar-refractivity contribution in [1.29, 1.82) is 0 Å². The van der Waals surface area contributed by atoms with E-state index >= 15 is 5.25 Å². The molecule has 0 aliphatic heterocycles. The van der Waals surface area contributed by atoms with Crippen LogP contribution in [0.15, 0.2) is 52.1 Å². The summed E-state index contributed by atoms with van der Waals surface area (Å²) in [6.07, 6.45) is 4.44. The first-order chi connectivity index (χ1) is 12.2. The van der Waals surface area contributed by atoms with Crippen LogP contribution in [0.3, 0.4) is 0 Å². The number of halogens is 2. The second-order valence-electron chi connectivity index (χ2n) is 7.99. The van der Waals surface area contributed by atoms with Gasteiger partial charge in [0.15, 0.2) is 0 Å². The maximum absolute atomic E-state index is 16.6. The van der Waals surface area contributed by atoms with Crippen molar-refractivity contribution >= 4 is 6.08 Å². The van der Waals surface area contributed by atoms with Crippen LogP contribution in [0.5, 0.6) is 0 Å². The van der Waals surface area contributed by atoms with E-state index in [4.69, 9.17) is 0 Å². The molecule has 1 aromatic carbocycles. The fourth-order valence-electron chi connectivity index (χ4n) is 5.03. The summed E-state index contributed by atoms with van der Waals surface area (Å²) in [5.74, 6) is 0. The number of fused-ring (bicyclic) bond motifs is 1. The van der Waals surface area contributed by atoms with Gasteiger partial charge < -0.3 is 0 Å². The molecule has 3 heteroatoms. The molecule has 0 aromatic heterocycles. The molecule has 0 radical (unpaired) electrons. The normalized spacial score (nSPS) is 25.8. The van der Waals surface area contributed by atoms with Crippen LogP contribution in [0.25, 0.3) is 6.08 Å². The van der Waals surface area contributed by atoms with Crippen LogP contribution in [-0.4, -0.2) is 0 Å². The Hall–Kier alpha value is -0.817. The van der Waals surface area contributed by atoms with E-state index in [1.54, 1.807) is 0 Å². The number of rotatable bonds is 5. The molecule has 0 spiro atoms. The monoisotopic (exact) mass is 434 g/mol. The molecule has 0 amide bonds. The van der Waals surface area contributed by atoms with Gasteiger partial charge in [-0.05, 0) is 0 Å². The van der Waals surface area contributed by atoms with Crippen molar-refractivity contribution in [2.45, 2.75) is 67.6 Å². The van der Waals surface area contributed by atoms with E-state index in [1.165, 1.54) is 0 Å². The molecule has 1 aromatic rings. The Morgan fingerprint density at radius 1 is 1.04 bits per heavy atom. The molecule has 0 saturated heterocycles. The van der Waals surface area contributed by atoms with Crippen LogP contribution in [0.2, 0.25) is 3.12 Å². The van der Waals surface area contributed by atoms with Gasteiger partial charge in [-0.25, -0.2) is 0 Å². The first-order valence-corrected chi connectivity index (χ1v) is 14.3. The van der Waals surface area contributed by atoms with Crippen LogP contribution in [0, 0.1) is 0 Å². The van der Waals surface area contributed by atoms with Gasteiger partial charge >= 0.3 is 164 Å². The van der Waals surface area contributed by atoms with E-state index in [2.05, 4.69) is 13.8 Å². The fraction of sp³-hybridized carbons (Fsp3) is 0.478. The van der Waals surface area contributed by atoms with E-state index < -0.39 is 28.2 Å². The van der Waals surface area contributed by atoms with Gasteiger partial charge in [0.2, 0.25) is 0 Å². The van der Waals surface area contributed by atoms with Crippen molar-refractivity contribution in [3.05, 3.63) is 63.3 Å². The third-order valence-electron chi connectivity index (χ3n) is 6.89. The van der Waals surface area contributed by atoms with Crippen molar-refractivity contribution in [2.75, 3.05) is 0 Å². The topological polar surface area (TPSA) is 0 Å². The minimum absolute atomic E-state index is 0.629. The summed E-state index contributed by atoms with van der Waals surface area (Å²) >= 11 is -5.68. The maximum atomic E-state index is 16.6. The summed E-state index contributed by atoms with van der Waals surface area (Å²) in [7, 11) is 0. The van der Waals surface area contributed by atoms with Gasteiger partial charge in [-0.2, -0.15) is 0 Å². The minimum atomic E-state index is -5.68. The van der Waals surface area contributed by atoms with Gasteiger partial charge in [-0.1, -0.05) is 0 Å². The second kappa shape index (κ2) is 6.97. The number of hydrogen-bond acceptors (Lipinski definition) is 0. The molecule has 2 aliphatic rings. The summed E-state index contributed by atoms with van der Waals surface area (Å²) in [6.45, 7) is 12.0. The molecule has 0 fully saturated rings. The Morgan fingerprint density at radius 2 is 1.69 bits per heavy atom. The van der Waals surface area contributed by atoms with E-state index in [0.29, 0.717) is 6.42 Å². The molecular formula is C23H30F2Zr. The molecule has 0 nitrogen and oxygen atoms in total. The Kier molecular flexibility index (Phi) is 5.34. The van der Waals surface area contributed by atoms with E-state index in [-0.39, 0.29) is 0 Å². The van der Waals surface area contributed by atoms with Crippen LogP contribution in [0.1, 0.15) is 75.6 Å². The van der Waals surface area contributed by atoms with E-state index in [1.807, 2.05) is 58.0 Å². The standard InChI is InChI=1S/C12H19.C11H11.2FH.Zr/c1-6-7-12-10(4)8(2)9(3)11(12)5;1-2-9-7-10-5-3-4-6-11(10)8-9;;;/h6-7H2,1-5H3;3-8H,2H2,1H3;2*1H;/q;;;;+2/p-2. The molecule has 2 aliphatic carbocycles. The third-order valence-corrected chi connectivity index (χ3v) is 15.3. The zero-order chi connectivity index (χ0) is 19.3. The van der Waals surface area contributed by atoms with Crippen LogP contribution < -0.4 is 0 Å². The summed E-state index contributed by atoms with van der Waals surface area (Å²) in [6, 6.07) is 7.80. The van der Waals surface area contributed by atoms with Crippen molar-refractivity contribution < 1.29 is 26.7 Å². The van der Waals surface area contributed by atoms with Gasteiger partial charge in [0, 0.05) is 0 Å². The van der Waals surface area contributed by atoms with Crippen molar-refractivity contribution in [3.63, 3.8) is 0 Å². The average molecular weight is 436 g/mol. The average Bonchev–Trinajstić information content (AvgIpc) is 3.09. The molecule has 0 saturated carbocycles. The number of benzene rings is 1. The van der Waals surface area contributed by atoms with Crippen LogP contribution in [-0.2, 0) is 21.5 Å². The second-order valence-corrected chi connectivity index (χ2v) is 14.9. The predicted molar refractivity (Wildman–Crippen MR) is 104 cm³/mol. The van der Waals surface area contributed by atoms with Gasteiger partial charge in [0.25, 0.3) is 0 Å². The van der Waals surface area contributed by atoms with Crippen molar-refractivity contribution in [2.24, 2.45) is 0 Å². The molecule has 0 heterocycles. The quantitative estimate of drug-likeness (QED) is 0.438. The summed E-state index contributed by atoms with van der Waals surface area (Å²) < 4.78 is 31.6. The number of hydrogen-bond donors (Lipinski definition) is 0. The van der Waals surface area contributed by atoms with Crippen LogP contribution in [0.4, 0.5) is 5.25 Å². The molecule has 2 unspecified atom stereocenters. The van der Waals surface area contributed by atoms with Gasteiger partial charge in [-0.15, -0.1) is 0 Å². The zero-order valence-electron chi connectivity index (χ0n) is 16.8. The Bertz CT molecular complexity index is 828. The molecule has 0 N–H and O–H groups in total. The Labute approximate surface area is 163 Å². The van der Waals surface area contributed by atoms with E-state index in [9.17, 15) is 0 Å². The Balaban J connectivity index is 2.20. The summed E-state index contributed by atoms with van der Waals surface area (Å²) in [4.78, 5) is 0. The van der Waals surface area contributed by atoms with Crippen molar-refractivity contribution in [3.8, 4) is 0 Å². The summed E-state index contributed by atoms with van der Waals surface area (Å²) in [5, 5.41) is 0. The van der Waals surface area contributed by atoms with Gasteiger partial charge in [0.1, 0.15) is 0 Å². The zero-order valence-corrected chi connectivity index (χ0v) is 19.3. The molecule has 140 valence electrons. The van der Waals surface area contributed by atoms with Crippen molar-refractivity contribution in [1.82, 2.24) is 0 Å². The fourth-order valence-corrected chi connectivity index (χ4v) is 13.4. The van der Waals surface area contributed by atoms with Crippen LogP contribution >= 0.6 is 0 Å². The molecule has 0 bridgehead atoms. The summed E-state index contributed by atoms with van der Waals surface area (Å²) in [5.41, 5.74) is 6.99. The predicted octanol–water partition coefficient (Wildman–Crippen LogP) is 8.10. The van der Waals surface area contributed by atoms with Gasteiger partial charge in [-0.3, -0.25) is 0 Å². The number of allylic oxidation sites excluding steroid dienone is 5. The van der Waals surface area contributed by atoms with E-state index in [0.717, 1.165) is 51.8 Å². The Morgan fingerprint density at radius 3 is 2.31 bits per heavy atom. The molecule has 2 atom stereocenters. The molecular weight excluding hydrogens is 405 g/mol.